The zero-order valence-electron chi connectivity index (χ0n) is 24.4. The normalized spacial score (nSPS) is 30.8. The van der Waals surface area contributed by atoms with Crippen molar-refractivity contribution in [2.24, 2.45) is 0 Å². The lowest BCUT2D eigenvalue weighted by Gasteiger charge is -2.51. The molecule has 6 heteroatoms. The molecule has 2 atom stereocenters. The molecule has 2 aliphatic heterocycles. The van der Waals surface area contributed by atoms with Gasteiger partial charge in [0, 0.05) is 0 Å². The summed E-state index contributed by atoms with van der Waals surface area (Å²) in [7, 11) is -6.67. The monoisotopic (exact) mass is 552 g/mol. The highest BCUT2D eigenvalue weighted by Crippen LogP contribution is 2.39. The second-order valence-electron chi connectivity index (χ2n) is 14.0. The van der Waals surface area contributed by atoms with Crippen molar-refractivity contribution < 1.29 is 8.85 Å². The maximum Gasteiger partial charge on any atom is 0.180 e. The Kier molecular flexibility index (Phi) is 7.24. The van der Waals surface area contributed by atoms with Crippen LogP contribution in [0, 0.1) is 0 Å². The molecule has 0 aliphatic carbocycles. The maximum atomic E-state index is 6.73. The van der Waals surface area contributed by atoms with E-state index in [1.165, 1.54) is 36.1 Å². The lowest BCUT2D eigenvalue weighted by atomic mass is 10.1. The van der Waals surface area contributed by atoms with Crippen LogP contribution in [0.1, 0.15) is 51.7 Å². The predicted octanol–water partition coefficient (Wildman–Crippen LogP) is 7.39. The summed E-state index contributed by atoms with van der Waals surface area (Å²) in [5.41, 5.74) is 2.63. The molecule has 0 aromatic heterocycles. The summed E-state index contributed by atoms with van der Waals surface area (Å²) in [6, 6.07) is 21.5. The summed E-state index contributed by atoms with van der Waals surface area (Å²) in [4.78, 5) is 0. The van der Waals surface area contributed by atoms with Crippen LogP contribution in [0.25, 0.3) is 12.2 Å². The van der Waals surface area contributed by atoms with E-state index in [0.717, 1.165) is 0 Å². The second-order valence-corrected chi connectivity index (χ2v) is 41.8. The summed E-state index contributed by atoms with van der Waals surface area (Å²) in [5, 5.41) is 3.14. The van der Waals surface area contributed by atoms with Gasteiger partial charge in [-0.1, -0.05) is 96.2 Å². The molecule has 0 amide bonds. The molecule has 0 N–H and O–H groups in total. The lowest BCUT2D eigenvalue weighted by Crippen LogP contribution is -2.71. The van der Waals surface area contributed by atoms with Crippen LogP contribution in [-0.4, -0.2) is 42.1 Å². The van der Waals surface area contributed by atoms with E-state index in [1.54, 1.807) is 10.4 Å². The summed E-state index contributed by atoms with van der Waals surface area (Å²) >= 11 is 0. The Labute approximate surface area is 224 Å². The van der Waals surface area contributed by atoms with E-state index in [-0.39, 0.29) is 11.2 Å². The largest absolute Gasteiger partial charge is 0.415 e. The first-order valence-corrected chi connectivity index (χ1v) is 27.0. The van der Waals surface area contributed by atoms with E-state index in [2.05, 4.69) is 128 Å². The summed E-state index contributed by atoms with van der Waals surface area (Å²) in [5.74, 6) is 0. The van der Waals surface area contributed by atoms with Crippen molar-refractivity contribution in [3.8, 4) is 0 Å². The van der Waals surface area contributed by atoms with Gasteiger partial charge >= 0.3 is 0 Å². The average Bonchev–Trinajstić information content (AvgIpc) is 2.77. The molecule has 36 heavy (non-hydrogen) atoms. The highest BCUT2D eigenvalue weighted by molar-refractivity contribution is 7.44. The molecule has 0 spiro atoms. The van der Waals surface area contributed by atoms with Gasteiger partial charge in [-0.3, -0.25) is 0 Å². The van der Waals surface area contributed by atoms with Crippen molar-refractivity contribution in [1.82, 2.24) is 0 Å². The first kappa shape index (κ1) is 28.0. The second kappa shape index (κ2) is 9.31. The van der Waals surface area contributed by atoms with E-state index in [4.69, 9.17) is 8.85 Å². The Morgan fingerprint density at radius 2 is 0.861 bits per heavy atom. The SMILES string of the molecule is CC1(C)CC[Si](C)(c2ccc(C=Cc3ccc([Si]4(C)CCC(C)(C)O[Si]4(C)C)cc3)cc2)[Si](C)(C)O1. The number of rotatable bonds is 4. The molecule has 0 saturated carbocycles. The Hall–Kier alpha value is -1.03. The van der Waals surface area contributed by atoms with Gasteiger partial charge in [0.1, 0.15) is 15.2 Å². The van der Waals surface area contributed by atoms with Crippen LogP contribution >= 0.6 is 0 Å². The molecule has 2 nitrogen and oxygen atoms in total. The molecule has 2 heterocycles. The topological polar surface area (TPSA) is 18.5 Å². The molecule has 2 saturated heterocycles. The first-order chi connectivity index (χ1) is 16.5. The molecule has 2 aliphatic rings. The van der Waals surface area contributed by atoms with Crippen molar-refractivity contribution in [3.05, 3.63) is 59.7 Å². The molecule has 0 bridgehead atoms. The molecule has 2 unspecified atom stereocenters. The van der Waals surface area contributed by atoms with Crippen molar-refractivity contribution in [3.63, 3.8) is 0 Å². The fourth-order valence-electron chi connectivity index (χ4n) is 6.51. The summed E-state index contributed by atoms with van der Waals surface area (Å²) in [6.07, 6.45) is 6.87. The predicted molar refractivity (Wildman–Crippen MR) is 168 cm³/mol. The Morgan fingerprint density at radius 3 is 1.14 bits per heavy atom. The van der Waals surface area contributed by atoms with E-state index in [1.807, 2.05) is 0 Å². The van der Waals surface area contributed by atoms with Crippen LogP contribution in [0.4, 0.5) is 0 Å². The molecular weight excluding hydrogens is 505 g/mol. The summed E-state index contributed by atoms with van der Waals surface area (Å²) < 4.78 is 13.5. The van der Waals surface area contributed by atoms with Gasteiger partial charge in [-0.15, -0.1) is 0 Å². The maximum absolute atomic E-state index is 6.73. The fourth-order valence-corrected chi connectivity index (χ4v) is 29.7. The van der Waals surface area contributed by atoms with E-state index in [9.17, 15) is 0 Å². The van der Waals surface area contributed by atoms with Crippen molar-refractivity contribution >= 4 is 53.4 Å². The van der Waals surface area contributed by atoms with Gasteiger partial charge in [-0.05, 0) is 77.9 Å². The minimum Gasteiger partial charge on any atom is -0.415 e. The first-order valence-electron chi connectivity index (χ1n) is 13.8. The third-order valence-electron chi connectivity index (χ3n) is 9.74. The fraction of sp³-hybridized carbons (Fsp3) is 0.533. The van der Waals surface area contributed by atoms with Gasteiger partial charge in [-0.25, -0.2) is 0 Å². The highest BCUT2D eigenvalue weighted by Gasteiger charge is 2.55. The van der Waals surface area contributed by atoms with Gasteiger partial charge in [-0.2, -0.15) is 0 Å². The van der Waals surface area contributed by atoms with Crippen molar-refractivity contribution in [1.29, 1.82) is 0 Å². The number of hydrogen-bond donors (Lipinski definition) is 0. The molecule has 196 valence electrons. The molecule has 2 aromatic rings. The molecule has 2 aromatic carbocycles. The van der Waals surface area contributed by atoms with Crippen molar-refractivity contribution in [2.45, 2.75) is 103 Å². The molecule has 2 fully saturated rings. The summed E-state index contributed by atoms with van der Waals surface area (Å²) in [6.45, 7) is 24.0. The van der Waals surface area contributed by atoms with Gasteiger partial charge < -0.3 is 8.85 Å². The zero-order valence-corrected chi connectivity index (χ0v) is 28.4. The molecular formula is C30H48O2Si4. The number of benzene rings is 2. The Balaban J connectivity index is 1.48. The third kappa shape index (κ3) is 5.27. The lowest BCUT2D eigenvalue weighted by molar-refractivity contribution is 0.0931. The van der Waals surface area contributed by atoms with E-state index < -0.39 is 30.9 Å². The molecule has 0 radical (unpaired) electrons. The van der Waals surface area contributed by atoms with E-state index in [0.29, 0.717) is 0 Å². The standard InChI is InChI=1S/C30H48O2Si4/c1-29(2)21-23-35(9,33(5,6)31-29)27-17-13-25(14-18-27)11-12-26-15-19-28(20-16-26)36(10)24-22-30(3,4)32-34(36,7)8/h11-20H,21-24H2,1-10H3. The van der Waals surface area contributed by atoms with Gasteiger partial charge in [0.05, 0.1) is 11.2 Å². The van der Waals surface area contributed by atoms with Crippen LogP contribution in [0.3, 0.4) is 0 Å². The Morgan fingerprint density at radius 1 is 0.556 bits per heavy atom. The van der Waals surface area contributed by atoms with Gasteiger partial charge in [0.25, 0.3) is 0 Å². The van der Waals surface area contributed by atoms with Crippen LogP contribution in [0.15, 0.2) is 48.5 Å². The highest BCUT2D eigenvalue weighted by atomic mass is 29.3. The third-order valence-corrected chi connectivity index (χ3v) is 42.7. The van der Waals surface area contributed by atoms with Crippen LogP contribution in [-0.2, 0) is 8.85 Å². The minimum absolute atomic E-state index is 0.0406. The zero-order chi connectivity index (χ0) is 26.6. The molecule has 4 rings (SSSR count). The quantitative estimate of drug-likeness (QED) is 0.291. The van der Waals surface area contributed by atoms with Crippen LogP contribution in [0.2, 0.25) is 51.4 Å². The van der Waals surface area contributed by atoms with Crippen LogP contribution < -0.4 is 10.4 Å². The van der Waals surface area contributed by atoms with Gasteiger partial charge in [0.15, 0.2) is 15.7 Å². The Bertz CT molecular complexity index is 1030. The minimum atomic E-state index is -1.74. The van der Waals surface area contributed by atoms with E-state index >= 15 is 0 Å². The van der Waals surface area contributed by atoms with Crippen molar-refractivity contribution in [2.75, 3.05) is 0 Å². The average molecular weight is 553 g/mol. The smallest absolute Gasteiger partial charge is 0.180 e. The van der Waals surface area contributed by atoms with Crippen LogP contribution in [0.5, 0.6) is 0 Å². The number of hydrogen-bond acceptors (Lipinski definition) is 2. The van der Waals surface area contributed by atoms with Gasteiger partial charge in [0.2, 0.25) is 0 Å².